The highest BCUT2D eigenvalue weighted by molar-refractivity contribution is 7.01. The molecule has 1 atom stereocenters. The lowest BCUT2D eigenvalue weighted by Gasteiger charge is -2.40. The fourth-order valence-electron chi connectivity index (χ4n) is 3.12. The van der Waals surface area contributed by atoms with Crippen molar-refractivity contribution < 1.29 is 8.54 Å². The highest BCUT2D eigenvalue weighted by Crippen LogP contribution is 2.18. The Labute approximate surface area is 145 Å². The summed E-state index contributed by atoms with van der Waals surface area (Å²) in [6.45, 7) is 11.2. The number of rotatable bonds is 7. The molecular weight excluding hydrogens is 332 g/mol. The van der Waals surface area contributed by atoms with E-state index < -0.39 is 26.4 Å². The summed E-state index contributed by atoms with van der Waals surface area (Å²) in [5, 5.41) is 2.63. The third-order valence-electron chi connectivity index (χ3n) is 3.88. The Hall–Kier alpha value is -0.989. The summed E-state index contributed by atoms with van der Waals surface area (Å²) in [6.07, 6.45) is 0. The minimum Gasteiger partial charge on any atom is -0.450 e. The van der Waals surface area contributed by atoms with E-state index in [1.54, 1.807) is 0 Å². The molecule has 0 N–H and O–H groups in total. The van der Waals surface area contributed by atoms with Crippen LogP contribution in [0.2, 0.25) is 26.2 Å². The number of hydrogen-bond acceptors (Lipinski definition) is 2. The van der Waals surface area contributed by atoms with Crippen molar-refractivity contribution in [2.24, 2.45) is 0 Å². The van der Waals surface area contributed by atoms with E-state index in [-0.39, 0.29) is 5.73 Å². The minimum absolute atomic E-state index is 0.119. The molecule has 0 aliphatic rings. The SMILES string of the molecule is CC(O[SiH](C)C)[Si](O[SiH](C)C)(c1ccccc1)c1ccccc1. The first-order chi connectivity index (χ1) is 11.0. The summed E-state index contributed by atoms with van der Waals surface area (Å²) in [6, 6.07) is 21.5. The molecule has 0 saturated heterocycles. The minimum atomic E-state index is -2.40. The summed E-state index contributed by atoms with van der Waals surface area (Å²) in [4.78, 5) is 0. The summed E-state index contributed by atoms with van der Waals surface area (Å²) < 4.78 is 13.3. The van der Waals surface area contributed by atoms with Crippen molar-refractivity contribution in [3.8, 4) is 0 Å². The van der Waals surface area contributed by atoms with Gasteiger partial charge in [-0.25, -0.2) is 0 Å². The van der Waals surface area contributed by atoms with Gasteiger partial charge in [0, 0.05) is 0 Å². The number of benzene rings is 2. The molecule has 0 aromatic heterocycles. The van der Waals surface area contributed by atoms with Crippen molar-refractivity contribution in [3.05, 3.63) is 60.7 Å². The normalized spacial score (nSPS) is 13.5. The second-order valence-corrected chi connectivity index (χ2v) is 15.3. The van der Waals surface area contributed by atoms with Crippen LogP contribution >= 0.6 is 0 Å². The van der Waals surface area contributed by atoms with E-state index in [4.69, 9.17) is 8.54 Å². The quantitative estimate of drug-likeness (QED) is 0.707. The van der Waals surface area contributed by atoms with Crippen LogP contribution in [0, 0.1) is 0 Å². The molecule has 0 aliphatic heterocycles. The Morgan fingerprint density at radius 3 is 1.52 bits per heavy atom. The van der Waals surface area contributed by atoms with Crippen molar-refractivity contribution in [1.82, 2.24) is 0 Å². The summed E-state index contributed by atoms with van der Waals surface area (Å²) in [7, 11) is -4.79. The van der Waals surface area contributed by atoms with Gasteiger partial charge in [0.15, 0.2) is 18.1 Å². The van der Waals surface area contributed by atoms with Crippen LogP contribution in [0.15, 0.2) is 60.7 Å². The molecule has 124 valence electrons. The van der Waals surface area contributed by atoms with Gasteiger partial charge in [-0.05, 0) is 43.5 Å². The first-order valence-electron chi connectivity index (χ1n) is 8.41. The molecule has 23 heavy (non-hydrogen) atoms. The Bertz CT molecular complexity index is 548. The van der Waals surface area contributed by atoms with Gasteiger partial charge in [-0.15, -0.1) is 0 Å². The average Bonchev–Trinajstić information content (AvgIpc) is 2.53. The highest BCUT2D eigenvalue weighted by Gasteiger charge is 2.46. The summed E-state index contributed by atoms with van der Waals surface area (Å²) >= 11 is 0. The Balaban J connectivity index is 2.63. The molecule has 2 rings (SSSR count). The first kappa shape index (κ1) is 18.4. The standard InChI is InChI=1S/C18H28O2Si3/c1-16(19-21(2)3)23(20-22(4)5,17-12-8-6-9-13-17)18-14-10-7-11-15-18/h6-16,21-22H,1-5H3. The van der Waals surface area contributed by atoms with E-state index in [0.717, 1.165) is 0 Å². The fraction of sp³-hybridized carbons (Fsp3) is 0.333. The van der Waals surface area contributed by atoms with E-state index in [1.165, 1.54) is 10.4 Å². The third-order valence-corrected chi connectivity index (χ3v) is 12.1. The summed E-state index contributed by atoms with van der Waals surface area (Å²) in [5.74, 6) is 0. The van der Waals surface area contributed by atoms with Gasteiger partial charge in [0.05, 0.1) is 5.73 Å². The Morgan fingerprint density at radius 2 is 1.17 bits per heavy atom. The van der Waals surface area contributed by atoms with Crippen molar-refractivity contribution in [1.29, 1.82) is 0 Å². The average molecular weight is 361 g/mol. The van der Waals surface area contributed by atoms with E-state index in [1.807, 2.05) is 0 Å². The molecular formula is C18H28O2Si3. The Morgan fingerprint density at radius 1 is 0.739 bits per heavy atom. The van der Waals surface area contributed by atoms with E-state index in [0.29, 0.717) is 0 Å². The van der Waals surface area contributed by atoms with Gasteiger partial charge in [-0.1, -0.05) is 60.7 Å². The van der Waals surface area contributed by atoms with Crippen LogP contribution in [-0.2, 0) is 8.54 Å². The largest absolute Gasteiger partial charge is 0.450 e. The van der Waals surface area contributed by atoms with Crippen molar-refractivity contribution in [3.63, 3.8) is 0 Å². The van der Waals surface area contributed by atoms with Crippen molar-refractivity contribution in [2.75, 3.05) is 0 Å². The molecule has 5 heteroatoms. The van der Waals surface area contributed by atoms with Gasteiger partial charge in [0.2, 0.25) is 0 Å². The molecule has 0 bridgehead atoms. The van der Waals surface area contributed by atoms with Crippen LogP contribution in [0.25, 0.3) is 0 Å². The molecule has 1 unspecified atom stereocenters. The van der Waals surface area contributed by atoms with Gasteiger partial charge < -0.3 is 8.54 Å². The fourth-order valence-corrected chi connectivity index (χ4v) is 13.0. The second kappa shape index (κ2) is 8.21. The topological polar surface area (TPSA) is 18.5 Å². The van der Waals surface area contributed by atoms with Gasteiger partial charge >= 0.3 is 0 Å². The molecule has 0 spiro atoms. The molecule has 2 aromatic rings. The molecule has 2 aromatic carbocycles. The van der Waals surface area contributed by atoms with E-state index >= 15 is 0 Å². The van der Waals surface area contributed by atoms with Crippen molar-refractivity contribution >= 4 is 36.8 Å². The molecule has 0 aliphatic carbocycles. The van der Waals surface area contributed by atoms with Crippen LogP contribution < -0.4 is 10.4 Å². The second-order valence-electron chi connectivity index (χ2n) is 6.46. The monoisotopic (exact) mass is 360 g/mol. The smallest absolute Gasteiger partial charge is 0.272 e. The maximum atomic E-state index is 6.85. The van der Waals surface area contributed by atoms with Crippen LogP contribution in [0.4, 0.5) is 0 Å². The van der Waals surface area contributed by atoms with Gasteiger partial charge in [-0.3, -0.25) is 0 Å². The zero-order valence-electron chi connectivity index (χ0n) is 14.8. The lowest BCUT2D eigenvalue weighted by molar-refractivity contribution is 0.278. The third kappa shape index (κ3) is 4.30. The van der Waals surface area contributed by atoms with E-state index in [9.17, 15) is 0 Å². The lowest BCUT2D eigenvalue weighted by atomic mass is 10.4. The predicted octanol–water partition coefficient (Wildman–Crippen LogP) is 2.67. The zero-order chi connectivity index (χ0) is 16.9. The Kier molecular flexibility index (Phi) is 6.55. The van der Waals surface area contributed by atoms with Crippen LogP contribution in [-0.4, -0.2) is 32.1 Å². The van der Waals surface area contributed by atoms with Crippen LogP contribution in [0.3, 0.4) is 0 Å². The van der Waals surface area contributed by atoms with Crippen molar-refractivity contribution in [2.45, 2.75) is 38.8 Å². The van der Waals surface area contributed by atoms with E-state index in [2.05, 4.69) is 93.8 Å². The predicted molar refractivity (Wildman–Crippen MR) is 107 cm³/mol. The number of hydrogen-bond donors (Lipinski definition) is 0. The molecule has 0 radical (unpaired) electrons. The first-order valence-corrected chi connectivity index (χ1v) is 16.0. The van der Waals surface area contributed by atoms with Crippen LogP contribution in [0.5, 0.6) is 0 Å². The molecule has 2 nitrogen and oxygen atoms in total. The molecule has 0 fully saturated rings. The molecule has 0 heterocycles. The maximum absolute atomic E-state index is 6.85. The van der Waals surface area contributed by atoms with Gasteiger partial charge in [-0.2, -0.15) is 0 Å². The van der Waals surface area contributed by atoms with Gasteiger partial charge in [0.25, 0.3) is 8.32 Å². The summed E-state index contributed by atoms with van der Waals surface area (Å²) in [5.41, 5.74) is 0.119. The zero-order valence-corrected chi connectivity index (χ0v) is 18.1. The lowest BCUT2D eigenvalue weighted by Crippen LogP contribution is -2.70. The maximum Gasteiger partial charge on any atom is 0.272 e. The van der Waals surface area contributed by atoms with Crippen LogP contribution in [0.1, 0.15) is 6.92 Å². The van der Waals surface area contributed by atoms with Gasteiger partial charge in [0.1, 0.15) is 0 Å². The highest BCUT2D eigenvalue weighted by atomic mass is 28.4. The molecule has 0 saturated carbocycles. The molecule has 0 amide bonds.